The lowest BCUT2D eigenvalue weighted by molar-refractivity contribution is 0.0559. The lowest BCUT2D eigenvalue weighted by Gasteiger charge is -2.37. The third-order valence-corrected chi connectivity index (χ3v) is 6.65. The average Bonchev–Trinajstić information content (AvgIpc) is 2.75. The number of aryl methyl sites for hydroxylation is 1. The summed E-state index contributed by atoms with van der Waals surface area (Å²) in [5.74, 6) is 1.34. The largest absolute Gasteiger partial charge is 0.508 e. The van der Waals surface area contributed by atoms with E-state index in [0.717, 1.165) is 73.8 Å². The number of benzene rings is 1. The molecule has 0 fully saturated rings. The lowest BCUT2D eigenvalue weighted by Crippen LogP contribution is -2.36. The molecule has 1 heterocycles. The topological polar surface area (TPSA) is 69.9 Å². The average molecular weight is 443 g/mol. The first-order valence-corrected chi connectivity index (χ1v) is 11.9. The van der Waals surface area contributed by atoms with Gasteiger partial charge in [0.2, 0.25) is 0 Å². The van der Waals surface area contributed by atoms with Crippen LogP contribution in [0.25, 0.3) is 0 Å². The van der Waals surface area contributed by atoms with E-state index >= 15 is 0 Å². The maximum atomic E-state index is 10.1. The van der Waals surface area contributed by atoms with Gasteiger partial charge in [-0.1, -0.05) is 29.4 Å². The molecule has 2 rings (SSSR count). The van der Waals surface area contributed by atoms with E-state index in [1.165, 1.54) is 11.1 Å². The summed E-state index contributed by atoms with van der Waals surface area (Å²) in [4.78, 5) is 0. The van der Waals surface area contributed by atoms with Crippen LogP contribution in [0.2, 0.25) is 0 Å². The SMILES string of the molecule is C/C(=C\CC/C(C)=C/CC[C@]1(C)CCc2c(C)c(O)cc(C)c2O1)CCC=C(CO)CO. The fourth-order valence-electron chi connectivity index (χ4n) is 4.31. The van der Waals surface area contributed by atoms with Crippen LogP contribution < -0.4 is 4.74 Å². The molecule has 0 bridgehead atoms. The van der Waals surface area contributed by atoms with Gasteiger partial charge in [0.1, 0.15) is 17.1 Å². The molecule has 0 amide bonds. The Morgan fingerprint density at radius 3 is 2.22 bits per heavy atom. The molecule has 1 aromatic carbocycles. The Hall–Kier alpha value is -2.04. The Balaban J connectivity index is 1.80. The molecule has 0 aromatic heterocycles. The first kappa shape index (κ1) is 26.2. The van der Waals surface area contributed by atoms with Crippen molar-refractivity contribution >= 4 is 0 Å². The van der Waals surface area contributed by atoms with Gasteiger partial charge in [0.15, 0.2) is 0 Å². The smallest absolute Gasteiger partial charge is 0.126 e. The number of phenols is 1. The van der Waals surface area contributed by atoms with Crippen molar-refractivity contribution in [2.24, 2.45) is 0 Å². The second kappa shape index (κ2) is 12.3. The van der Waals surface area contributed by atoms with Gasteiger partial charge in [-0.3, -0.25) is 0 Å². The quantitative estimate of drug-likeness (QED) is 0.355. The summed E-state index contributed by atoms with van der Waals surface area (Å²) in [5.41, 5.74) is 6.42. The fraction of sp³-hybridized carbons (Fsp3) is 0.571. The van der Waals surface area contributed by atoms with Crippen molar-refractivity contribution in [3.63, 3.8) is 0 Å². The van der Waals surface area contributed by atoms with Crippen LogP contribution in [-0.4, -0.2) is 34.1 Å². The summed E-state index contributed by atoms with van der Waals surface area (Å²) >= 11 is 0. The van der Waals surface area contributed by atoms with Gasteiger partial charge in [-0.2, -0.15) is 0 Å². The highest BCUT2D eigenvalue weighted by atomic mass is 16.5. The van der Waals surface area contributed by atoms with Gasteiger partial charge in [-0.25, -0.2) is 0 Å². The number of ether oxygens (including phenoxy) is 1. The second-order valence-corrected chi connectivity index (χ2v) is 9.59. The minimum absolute atomic E-state index is 0.0668. The molecular formula is C28H42O4. The second-order valence-electron chi connectivity index (χ2n) is 9.59. The number of hydrogen-bond acceptors (Lipinski definition) is 4. The van der Waals surface area contributed by atoms with E-state index in [1.54, 1.807) is 0 Å². The van der Waals surface area contributed by atoms with Crippen LogP contribution in [0.15, 0.2) is 41.0 Å². The van der Waals surface area contributed by atoms with Gasteiger partial charge < -0.3 is 20.1 Å². The maximum absolute atomic E-state index is 10.1. The molecule has 0 radical (unpaired) electrons. The van der Waals surface area contributed by atoms with Crippen LogP contribution in [0.4, 0.5) is 0 Å². The molecule has 1 aliphatic heterocycles. The molecule has 0 saturated heterocycles. The molecule has 178 valence electrons. The van der Waals surface area contributed by atoms with E-state index in [0.29, 0.717) is 11.3 Å². The molecule has 1 atom stereocenters. The van der Waals surface area contributed by atoms with Gasteiger partial charge in [0, 0.05) is 5.56 Å². The highest BCUT2D eigenvalue weighted by molar-refractivity contribution is 5.53. The van der Waals surface area contributed by atoms with Gasteiger partial charge in [-0.05, 0) is 109 Å². The summed E-state index contributed by atoms with van der Waals surface area (Å²) in [6.07, 6.45) is 14.4. The maximum Gasteiger partial charge on any atom is 0.126 e. The van der Waals surface area contributed by atoms with E-state index in [4.69, 9.17) is 14.9 Å². The molecular weight excluding hydrogens is 400 g/mol. The Kier molecular flexibility index (Phi) is 10.0. The molecule has 0 spiro atoms. The van der Waals surface area contributed by atoms with Gasteiger partial charge >= 0.3 is 0 Å². The molecule has 4 heteroatoms. The van der Waals surface area contributed by atoms with Crippen LogP contribution in [-0.2, 0) is 6.42 Å². The van der Waals surface area contributed by atoms with Crippen molar-refractivity contribution in [3.8, 4) is 11.5 Å². The first-order chi connectivity index (χ1) is 15.2. The minimum atomic E-state index is -0.163. The number of allylic oxidation sites excluding steroid dienone is 5. The van der Waals surface area contributed by atoms with Gasteiger partial charge in [0.25, 0.3) is 0 Å². The van der Waals surface area contributed by atoms with Crippen LogP contribution in [0, 0.1) is 13.8 Å². The number of phenolic OH excluding ortho intramolecular Hbond substituents is 1. The zero-order valence-electron chi connectivity index (χ0n) is 20.6. The molecule has 3 N–H and O–H groups in total. The van der Waals surface area contributed by atoms with E-state index in [9.17, 15) is 5.11 Å². The molecule has 1 aromatic rings. The number of hydrogen-bond donors (Lipinski definition) is 3. The van der Waals surface area contributed by atoms with Crippen molar-refractivity contribution in [1.29, 1.82) is 0 Å². The minimum Gasteiger partial charge on any atom is -0.508 e. The fourth-order valence-corrected chi connectivity index (χ4v) is 4.31. The van der Waals surface area contributed by atoms with Crippen molar-refractivity contribution in [2.75, 3.05) is 13.2 Å². The Bertz CT molecular complexity index is 857. The Morgan fingerprint density at radius 2 is 1.59 bits per heavy atom. The highest BCUT2D eigenvalue weighted by Crippen LogP contribution is 2.42. The summed E-state index contributed by atoms with van der Waals surface area (Å²) in [5, 5.41) is 28.2. The summed E-state index contributed by atoms with van der Waals surface area (Å²) in [6, 6.07) is 1.81. The van der Waals surface area contributed by atoms with Crippen LogP contribution >= 0.6 is 0 Å². The zero-order valence-corrected chi connectivity index (χ0v) is 20.6. The lowest BCUT2D eigenvalue weighted by atomic mass is 9.86. The monoisotopic (exact) mass is 442 g/mol. The van der Waals surface area contributed by atoms with E-state index < -0.39 is 0 Å². The summed E-state index contributed by atoms with van der Waals surface area (Å²) in [7, 11) is 0. The zero-order chi connectivity index (χ0) is 23.7. The number of aliphatic hydroxyl groups excluding tert-OH is 2. The van der Waals surface area contributed by atoms with Crippen molar-refractivity contribution in [2.45, 2.75) is 91.6 Å². The summed E-state index contributed by atoms with van der Waals surface area (Å²) < 4.78 is 6.47. The van der Waals surface area contributed by atoms with Crippen molar-refractivity contribution < 1.29 is 20.1 Å². The Morgan fingerprint density at radius 1 is 1.00 bits per heavy atom. The molecule has 4 nitrogen and oxygen atoms in total. The first-order valence-electron chi connectivity index (χ1n) is 11.9. The van der Waals surface area contributed by atoms with Crippen molar-refractivity contribution in [3.05, 3.63) is 57.7 Å². The predicted octanol–water partition coefficient (Wildman–Crippen LogP) is 6.24. The molecule has 0 unspecified atom stereocenters. The normalized spacial score (nSPS) is 18.8. The van der Waals surface area contributed by atoms with Crippen molar-refractivity contribution in [1.82, 2.24) is 0 Å². The highest BCUT2D eigenvalue weighted by Gasteiger charge is 2.33. The third-order valence-electron chi connectivity index (χ3n) is 6.65. The van der Waals surface area contributed by atoms with Crippen LogP contribution in [0.1, 0.15) is 82.4 Å². The number of aromatic hydroxyl groups is 1. The standard InChI is InChI=1S/C28H42O4/c1-20(11-7-13-24(18-29)19-30)9-6-10-21(2)12-8-15-28(5)16-14-25-23(4)26(31)17-22(3)27(25)32-28/h9,12-13,17,29-31H,6-8,10-11,14-16,18-19H2,1-5H3/b20-9+,21-12+/t28-/m1/s1. The van der Waals surface area contributed by atoms with E-state index in [-0.39, 0.29) is 18.8 Å². The molecule has 0 aliphatic carbocycles. The molecule has 32 heavy (non-hydrogen) atoms. The summed E-state index contributed by atoms with van der Waals surface area (Å²) in [6.45, 7) is 10.4. The van der Waals surface area contributed by atoms with Crippen LogP contribution in [0.3, 0.4) is 0 Å². The predicted molar refractivity (Wildman–Crippen MR) is 132 cm³/mol. The number of rotatable bonds is 11. The van der Waals surface area contributed by atoms with Gasteiger partial charge in [-0.15, -0.1) is 0 Å². The van der Waals surface area contributed by atoms with E-state index in [1.807, 2.05) is 26.0 Å². The van der Waals surface area contributed by atoms with E-state index in [2.05, 4.69) is 32.9 Å². The van der Waals surface area contributed by atoms with Crippen LogP contribution in [0.5, 0.6) is 11.5 Å². The number of fused-ring (bicyclic) bond motifs is 1. The van der Waals surface area contributed by atoms with Gasteiger partial charge in [0.05, 0.1) is 13.2 Å². The third kappa shape index (κ3) is 7.53. The number of aliphatic hydroxyl groups is 2. The molecule has 0 saturated carbocycles. The molecule has 1 aliphatic rings. The Labute approximate surface area is 194 Å².